The predicted octanol–water partition coefficient (Wildman–Crippen LogP) is 9.62. The third kappa shape index (κ3) is 5.39. The summed E-state index contributed by atoms with van der Waals surface area (Å²) in [6, 6.07) is 34.0. The fraction of sp³-hybridized carbons (Fsp3) is 0.111. The Morgan fingerprint density at radius 3 is 1.72 bits per heavy atom. The van der Waals surface area contributed by atoms with Crippen molar-refractivity contribution in [3.05, 3.63) is 108 Å². The maximum absolute atomic E-state index is 5.00. The topological polar surface area (TPSA) is 28.2 Å². The van der Waals surface area contributed by atoms with Crippen molar-refractivity contribution in [2.45, 2.75) is 6.42 Å². The normalized spacial score (nSPS) is 10.6. The molecular weight excluding hydrogens is 471 g/mol. The van der Waals surface area contributed by atoms with Crippen molar-refractivity contribution >= 4 is 62.3 Å². The summed E-state index contributed by atoms with van der Waals surface area (Å²) in [6.07, 6.45) is 0.931. The fourth-order valence-corrected chi connectivity index (χ4v) is 3.97. The average Bonchev–Trinajstić information content (AvgIpc) is 2.84. The van der Waals surface area contributed by atoms with Crippen LogP contribution in [0.3, 0.4) is 0 Å². The van der Waals surface area contributed by atoms with Crippen molar-refractivity contribution in [1.29, 1.82) is 0 Å². The Bertz CT molecular complexity index is 1260. The van der Waals surface area contributed by atoms with E-state index < -0.39 is 17.0 Å². The second-order valence-corrected chi connectivity index (χ2v) is 9.93. The zero-order valence-corrected chi connectivity index (χ0v) is 20.6. The third-order valence-electron chi connectivity index (χ3n) is 5.38. The minimum Gasteiger partial charge on any atom is -0.684 e. The van der Waals surface area contributed by atoms with Crippen LogP contribution in [-0.2, 0) is 17.0 Å². The molecule has 0 heterocycles. The first-order valence-electron chi connectivity index (χ1n) is 10.5. The molecule has 0 amide bonds. The SMILES string of the molecule is [Cl][Ti][Cl].c1ccc2c([N-]CCC[N-]c3c4ccccc4cc4ccccc34)cccc2c1. The second kappa shape index (κ2) is 11.6. The molecule has 0 saturated heterocycles. The van der Waals surface area contributed by atoms with E-state index in [2.05, 4.69) is 97.1 Å². The number of halogens is 2. The molecule has 0 fully saturated rings. The second-order valence-electron chi connectivity index (χ2n) is 7.35. The summed E-state index contributed by atoms with van der Waals surface area (Å²) in [4.78, 5) is 0. The molecule has 160 valence electrons. The van der Waals surface area contributed by atoms with Gasteiger partial charge in [0.25, 0.3) is 0 Å². The van der Waals surface area contributed by atoms with E-state index in [1.165, 1.54) is 32.3 Å². The Labute approximate surface area is 205 Å². The van der Waals surface area contributed by atoms with Crippen molar-refractivity contribution in [2.75, 3.05) is 13.1 Å². The van der Waals surface area contributed by atoms with Gasteiger partial charge in [-0.1, -0.05) is 97.4 Å². The molecule has 0 aliphatic carbocycles. The van der Waals surface area contributed by atoms with E-state index in [-0.39, 0.29) is 0 Å². The van der Waals surface area contributed by atoms with Crippen molar-refractivity contribution < 1.29 is 17.0 Å². The Hall–Kier alpha value is -2.23. The van der Waals surface area contributed by atoms with E-state index in [0.717, 1.165) is 30.9 Å². The number of fused-ring (bicyclic) bond motifs is 3. The number of hydrogen-bond donors (Lipinski definition) is 0. The Kier molecular flexibility index (Phi) is 8.31. The molecule has 5 heteroatoms. The van der Waals surface area contributed by atoms with Crippen LogP contribution in [0, 0.1) is 0 Å². The summed E-state index contributed by atoms with van der Waals surface area (Å²) in [6.45, 7) is 1.55. The number of benzene rings is 5. The standard InChI is InChI=1S/C27H22N2.2ClH.Ti/c1-4-13-23-20(9-1)12-7-16-26(23)28-17-8-18-29-27-24-14-5-2-10-21(24)19-22-11-3-6-15-25(22)27;;;/h1-7,9-16,19H,8,17-18H2;2*1H;/q-2;;;+2/p-2. The molecule has 0 N–H and O–H groups in total. The summed E-state index contributed by atoms with van der Waals surface area (Å²) in [5, 5.41) is 17.2. The molecule has 2 nitrogen and oxygen atoms in total. The smallest absolute Gasteiger partial charge is 0.0190 e. The summed E-state index contributed by atoms with van der Waals surface area (Å²) < 4.78 is 0. The molecule has 5 aromatic carbocycles. The molecule has 0 saturated carbocycles. The van der Waals surface area contributed by atoms with Gasteiger partial charge >= 0.3 is 35.6 Å². The van der Waals surface area contributed by atoms with Crippen molar-refractivity contribution in [1.82, 2.24) is 0 Å². The van der Waals surface area contributed by atoms with E-state index in [4.69, 9.17) is 29.2 Å². The molecule has 0 aliphatic rings. The third-order valence-corrected chi connectivity index (χ3v) is 5.38. The molecule has 0 atom stereocenters. The number of nitrogens with zero attached hydrogens (tertiary/aromatic N) is 2. The number of rotatable bonds is 6. The van der Waals surface area contributed by atoms with Gasteiger partial charge in [-0.05, 0) is 38.4 Å². The Balaban J connectivity index is 0.000000775. The van der Waals surface area contributed by atoms with Crippen molar-refractivity contribution in [2.24, 2.45) is 0 Å². The van der Waals surface area contributed by atoms with Crippen LogP contribution in [0.25, 0.3) is 43.0 Å². The molecule has 5 aromatic rings. The van der Waals surface area contributed by atoms with Crippen molar-refractivity contribution in [3.63, 3.8) is 0 Å². The van der Waals surface area contributed by atoms with Crippen molar-refractivity contribution in [3.8, 4) is 0 Å². The molecule has 0 bridgehead atoms. The van der Waals surface area contributed by atoms with Gasteiger partial charge in [0, 0.05) is 0 Å². The molecule has 0 radical (unpaired) electrons. The van der Waals surface area contributed by atoms with Gasteiger partial charge in [-0.15, -0.1) is 24.5 Å². The van der Waals surface area contributed by atoms with Gasteiger partial charge in [0.15, 0.2) is 0 Å². The molecular formula is C27H22Cl2N2Ti-2. The maximum Gasteiger partial charge on any atom is -0.0190 e. The van der Waals surface area contributed by atoms with E-state index in [1.54, 1.807) is 0 Å². The fourth-order valence-electron chi connectivity index (χ4n) is 3.97. The van der Waals surface area contributed by atoms with Crippen LogP contribution >= 0.6 is 18.6 Å². The van der Waals surface area contributed by atoms with Crippen LogP contribution in [0.1, 0.15) is 6.42 Å². The van der Waals surface area contributed by atoms with Crippen LogP contribution in [0.15, 0.2) is 97.1 Å². The minimum absolute atomic E-state index is 0.556. The van der Waals surface area contributed by atoms with E-state index in [0.29, 0.717) is 0 Å². The Morgan fingerprint density at radius 1 is 0.562 bits per heavy atom. The van der Waals surface area contributed by atoms with Gasteiger partial charge in [-0.25, -0.2) is 0 Å². The first-order valence-corrected chi connectivity index (χ1v) is 14.8. The molecule has 0 aromatic heterocycles. The maximum atomic E-state index is 5.00. The van der Waals surface area contributed by atoms with Gasteiger partial charge in [0.05, 0.1) is 0 Å². The summed E-state index contributed by atoms with van der Waals surface area (Å²) >= 11 is -0.556. The minimum atomic E-state index is -0.556. The zero-order chi connectivity index (χ0) is 22.2. The first kappa shape index (κ1) is 23.0. The molecule has 0 aliphatic heterocycles. The quantitative estimate of drug-likeness (QED) is 0.128. The molecule has 0 spiro atoms. The summed E-state index contributed by atoms with van der Waals surface area (Å²) in [5.41, 5.74) is 2.17. The molecule has 0 unspecified atom stereocenters. The largest absolute Gasteiger partial charge is 0.684 e. The average molecular weight is 493 g/mol. The van der Waals surface area contributed by atoms with Crippen LogP contribution in [0.5, 0.6) is 0 Å². The molecule has 5 rings (SSSR count). The van der Waals surface area contributed by atoms with Gasteiger partial charge in [0.1, 0.15) is 0 Å². The van der Waals surface area contributed by atoms with E-state index in [9.17, 15) is 0 Å². The van der Waals surface area contributed by atoms with Crippen LogP contribution in [0.2, 0.25) is 0 Å². The predicted molar refractivity (Wildman–Crippen MR) is 137 cm³/mol. The summed E-state index contributed by atoms with van der Waals surface area (Å²) in [5.74, 6) is 0. The van der Waals surface area contributed by atoms with E-state index >= 15 is 0 Å². The molecule has 32 heavy (non-hydrogen) atoms. The van der Waals surface area contributed by atoms with Crippen LogP contribution < -0.4 is 0 Å². The van der Waals surface area contributed by atoms with Crippen LogP contribution in [0.4, 0.5) is 11.4 Å². The van der Waals surface area contributed by atoms with Gasteiger partial charge < -0.3 is 10.6 Å². The van der Waals surface area contributed by atoms with Gasteiger partial charge in [0.2, 0.25) is 0 Å². The zero-order valence-electron chi connectivity index (χ0n) is 17.5. The summed E-state index contributed by atoms with van der Waals surface area (Å²) in [7, 11) is 9.78. The Morgan fingerprint density at radius 2 is 1.06 bits per heavy atom. The first-order chi connectivity index (χ1) is 15.8. The number of hydrogen-bond acceptors (Lipinski definition) is 0. The van der Waals surface area contributed by atoms with Gasteiger partial charge in [-0.2, -0.15) is 0 Å². The van der Waals surface area contributed by atoms with Crippen LogP contribution in [-0.4, -0.2) is 13.1 Å². The van der Waals surface area contributed by atoms with Gasteiger partial charge in [-0.3, -0.25) is 0 Å². The monoisotopic (exact) mass is 492 g/mol. The van der Waals surface area contributed by atoms with E-state index in [1.807, 2.05) is 0 Å².